The molecule has 3 heteroatoms. The Labute approximate surface area is 70.2 Å². The molecular weight excluding hydrogens is 150 g/mol. The van der Waals surface area contributed by atoms with E-state index < -0.39 is 0 Å². The number of aromatic nitrogens is 3. The monoisotopic (exact) mass is 159 g/mol. The van der Waals surface area contributed by atoms with Crippen molar-refractivity contribution < 1.29 is 0 Å². The first-order valence-electron chi connectivity index (χ1n) is 3.80. The highest BCUT2D eigenvalue weighted by Gasteiger charge is 1.99. The SMILES string of the molecule is C=CCc1nc2ncccc2[nH]1. The van der Waals surface area contributed by atoms with E-state index in [1.807, 2.05) is 18.2 Å². The summed E-state index contributed by atoms with van der Waals surface area (Å²) < 4.78 is 0. The normalized spacial score (nSPS) is 10.3. The van der Waals surface area contributed by atoms with Crippen molar-refractivity contribution in [1.29, 1.82) is 0 Å². The molecule has 2 aromatic rings. The number of allylic oxidation sites excluding steroid dienone is 1. The maximum Gasteiger partial charge on any atom is 0.177 e. The fraction of sp³-hybridized carbons (Fsp3) is 0.111. The van der Waals surface area contributed by atoms with Crippen molar-refractivity contribution >= 4 is 11.2 Å². The zero-order chi connectivity index (χ0) is 8.39. The predicted molar refractivity (Wildman–Crippen MR) is 47.8 cm³/mol. The van der Waals surface area contributed by atoms with E-state index in [9.17, 15) is 0 Å². The molecule has 0 aliphatic heterocycles. The van der Waals surface area contributed by atoms with Gasteiger partial charge in [-0.05, 0) is 12.1 Å². The maximum absolute atomic E-state index is 4.26. The molecule has 0 saturated heterocycles. The van der Waals surface area contributed by atoms with E-state index in [0.717, 1.165) is 23.4 Å². The van der Waals surface area contributed by atoms with Crippen LogP contribution in [0.15, 0.2) is 31.0 Å². The Morgan fingerprint density at radius 1 is 1.58 bits per heavy atom. The zero-order valence-corrected chi connectivity index (χ0v) is 6.62. The number of imidazole rings is 1. The van der Waals surface area contributed by atoms with Gasteiger partial charge in [-0.2, -0.15) is 0 Å². The number of hydrogen-bond donors (Lipinski definition) is 1. The van der Waals surface area contributed by atoms with E-state index in [4.69, 9.17) is 0 Å². The fourth-order valence-corrected chi connectivity index (χ4v) is 1.13. The first-order valence-corrected chi connectivity index (χ1v) is 3.80. The summed E-state index contributed by atoms with van der Waals surface area (Å²) in [5, 5.41) is 0. The van der Waals surface area contributed by atoms with Crippen LogP contribution in [-0.4, -0.2) is 15.0 Å². The Kier molecular flexibility index (Phi) is 1.63. The lowest BCUT2D eigenvalue weighted by molar-refractivity contribution is 1.07. The second-order valence-corrected chi connectivity index (χ2v) is 2.55. The molecule has 3 nitrogen and oxygen atoms in total. The minimum Gasteiger partial charge on any atom is -0.340 e. The van der Waals surface area contributed by atoms with Gasteiger partial charge in [0.25, 0.3) is 0 Å². The number of hydrogen-bond acceptors (Lipinski definition) is 2. The molecule has 2 rings (SSSR count). The van der Waals surface area contributed by atoms with Crippen LogP contribution in [0.5, 0.6) is 0 Å². The number of nitrogens with one attached hydrogen (secondary N) is 1. The number of pyridine rings is 1. The summed E-state index contributed by atoms with van der Waals surface area (Å²) in [4.78, 5) is 11.5. The second-order valence-electron chi connectivity index (χ2n) is 2.55. The molecule has 0 fully saturated rings. The molecule has 0 spiro atoms. The molecule has 0 bridgehead atoms. The quantitative estimate of drug-likeness (QED) is 0.677. The Bertz CT molecular complexity index is 370. The van der Waals surface area contributed by atoms with Crippen molar-refractivity contribution in [3.8, 4) is 0 Å². The minimum atomic E-state index is 0.760. The number of H-pyrrole nitrogens is 1. The van der Waals surface area contributed by atoms with Crippen LogP contribution < -0.4 is 0 Å². The van der Waals surface area contributed by atoms with Crippen LogP contribution in [-0.2, 0) is 6.42 Å². The molecule has 0 saturated carbocycles. The second kappa shape index (κ2) is 2.77. The van der Waals surface area contributed by atoms with Gasteiger partial charge >= 0.3 is 0 Å². The van der Waals surface area contributed by atoms with Crippen LogP contribution >= 0.6 is 0 Å². The van der Waals surface area contributed by atoms with Gasteiger partial charge < -0.3 is 4.98 Å². The Morgan fingerprint density at radius 2 is 2.50 bits per heavy atom. The van der Waals surface area contributed by atoms with E-state index in [1.54, 1.807) is 6.20 Å². The van der Waals surface area contributed by atoms with Gasteiger partial charge in [0.15, 0.2) is 5.65 Å². The summed E-state index contributed by atoms with van der Waals surface area (Å²) in [5.41, 5.74) is 1.75. The third kappa shape index (κ3) is 1.09. The molecule has 2 heterocycles. The van der Waals surface area contributed by atoms with E-state index in [-0.39, 0.29) is 0 Å². The predicted octanol–water partition coefficient (Wildman–Crippen LogP) is 1.69. The number of nitrogens with zero attached hydrogens (tertiary/aromatic N) is 2. The van der Waals surface area contributed by atoms with Crippen molar-refractivity contribution in [2.45, 2.75) is 6.42 Å². The molecular formula is C9H9N3. The molecule has 0 aliphatic rings. The van der Waals surface area contributed by atoms with Crippen LogP contribution in [0.3, 0.4) is 0 Å². The molecule has 0 aliphatic carbocycles. The number of rotatable bonds is 2. The van der Waals surface area contributed by atoms with Crippen molar-refractivity contribution in [1.82, 2.24) is 15.0 Å². The first kappa shape index (κ1) is 7.03. The summed E-state index contributed by atoms with van der Waals surface area (Å²) >= 11 is 0. The number of fused-ring (bicyclic) bond motifs is 1. The lowest BCUT2D eigenvalue weighted by atomic mass is 10.4. The minimum absolute atomic E-state index is 0.760. The molecule has 2 aromatic heterocycles. The Balaban J connectivity index is 2.54. The fourth-order valence-electron chi connectivity index (χ4n) is 1.13. The molecule has 0 atom stereocenters. The van der Waals surface area contributed by atoms with Gasteiger partial charge in [0.2, 0.25) is 0 Å². The van der Waals surface area contributed by atoms with Crippen LogP contribution in [0.25, 0.3) is 11.2 Å². The molecule has 0 radical (unpaired) electrons. The van der Waals surface area contributed by atoms with E-state index in [0.29, 0.717) is 0 Å². The maximum atomic E-state index is 4.26. The molecule has 12 heavy (non-hydrogen) atoms. The summed E-state index contributed by atoms with van der Waals surface area (Å²) in [6.07, 6.45) is 4.31. The topological polar surface area (TPSA) is 41.6 Å². The lowest BCUT2D eigenvalue weighted by Gasteiger charge is -1.83. The first-order chi connectivity index (χ1) is 5.90. The standard InChI is InChI=1S/C9H9N3/c1-2-4-8-11-7-5-3-6-10-9(7)12-8/h2-3,5-6H,1,4H2,(H,10,11,12). The molecule has 0 aromatic carbocycles. The van der Waals surface area contributed by atoms with Gasteiger partial charge in [-0.1, -0.05) is 6.08 Å². The molecule has 0 unspecified atom stereocenters. The van der Waals surface area contributed by atoms with Crippen LogP contribution in [0.2, 0.25) is 0 Å². The van der Waals surface area contributed by atoms with Crippen LogP contribution in [0.1, 0.15) is 5.82 Å². The zero-order valence-electron chi connectivity index (χ0n) is 6.62. The highest BCUT2D eigenvalue weighted by Crippen LogP contribution is 2.07. The van der Waals surface area contributed by atoms with Gasteiger partial charge in [0, 0.05) is 12.6 Å². The van der Waals surface area contributed by atoms with E-state index in [2.05, 4.69) is 21.5 Å². The van der Waals surface area contributed by atoms with Gasteiger partial charge in [-0.15, -0.1) is 6.58 Å². The van der Waals surface area contributed by atoms with Gasteiger partial charge in [-0.25, -0.2) is 9.97 Å². The molecule has 0 amide bonds. The van der Waals surface area contributed by atoms with Gasteiger partial charge in [0.1, 0.15) is 5.82 Å². The molecule has 60 valence electrons. The summed E-state index contributed by atoms with van der Waals surface area (Å²) in [6.45, 7) is 3.65. The highest BCUT2D eigenvalue weighted by molar-refractivity contribution is 5.69. The average Bonchev–Trinajstić information content (AvgIpc) is 2.47. The Hall–Kier alpha value is -1.64. The highest BCUT2D eigenvalue weighted by atomic mass is 15.0. The van der Waals surface area contributed by atoms with Gasteiger partial charge in [0.05, 0.1) is 5.52 Å². The van der Waals surface area contributed by atoms with Gasteiger partial charge in [-0.3, -0.25) is 0 Å². The van der Waals surface area contributed by atoms with Crippen LogP contribution in [0, 0.1) is 0 Å². The van der Waals surface area contributed by atoms with Crippen molar-refractivity contribution in [3.63, 3.8) is 0 Å². The van der Waals surface area contributed by atoms with Crippen molar-refractivity contribution in [3.05, 3.63) is 36.8 Å². The summed E-state index contributed by atoms with van der Waals surface area (Å²) in [5.74, 6) is 0.915. The summed E-state index contributed by atoms with van der Waals surface area (Å²) in [6, 6.07) is 3.85. The lowest BCUT2D eigenvalue weighted by Crippen LogP contribution is -1.81. The smallest absolute Gasteiger partial charge is 0.177 e. The largest absolute Gasteiger partial charge is 0.340 e. The average molecular weight is 159 g/mol. The van der Waals surface area contributed by atoms with E-state index in [1.165, 1.54) is 0 Å². The summed E-state index contributed by atoms with van der Waals surface area (Å²) in [7, 11) is 0. The van der Waals surface area contributed by atoms with Crippen molar-refractivity contribution in [2.75, 3.05) is 0 Å². The number of aromatic amines is 1. The van der Waals surface area contributed by atoms with E-state index >= 15 is 0 Å². The third-order valence-electron chi connectivity index (χ3n) is 1.64. The Morgan fingerprint density at radius 3 is 3.25 bits per heavy atom. The third-order valence-corrected chi connectivity index (χ3v) is 1.64. The molecule has 1 N–H and O–H groups in total. The van der Waals surface area contributed by atoms with Crippen molar-refractivity contribution in [2.24, 2.45) is 0 Å². The van der Waals surface area contributed by atoms with Crippen LogP contribution in [0.4, 0.5) is 0 Å².